The first-order valence-electron chi connectivity index (χ1n) is 31.5. The van der Waals surface area contributed by atoms with Gasteiger partial charge in [-0.15, -0.1) is 0 Å². The molecule has 0 aliphatic carbocycles. The monoisotopic (exact) mass is 1050 g/mol. The number of hydrogen-bond acceptors (Lipinski definition) is 6. The molecule has 0 rings (SSSR count). The Balaban J connectivity index is 4.50. The van der Waals surface area contributed by atoms with Crippen molar-refractivity contribution >= 4 is 17.9 Å². The van der Waals surface area contributed by atoms with E-state index in [0.29, 0.717) is 19.3 Å². The van der Waals surface area contributed by atoms with Crippen LogP contribution in [0.5, 0.6) is 0 Å². The zero-order chi connectivity index (χ0) is 55.0. The van der Waals surface area contributed by atoms with Crippen molar-refractivity contribution in [2.24, 2.45) is 0 Å². The molecule has 0 aliphatic rings. The summed E-state index contributed by atoms with van der Waals surface area (Å²) < 4.78 is 16.8. The second-order valence-electron chi connectivity index (χ2n) is 20.6. The summed E-state index contributed by atoms with van der Waals surface area (Å²) in [5.41, 5.74) is 0. The molecule has 6 nitrogen and oxygen atoms in total. The summed E-state index contributed by atoms with van der Waals surface area (Å²) in [4.78, 5) is 38.3. The molecule has 76 heavy (non-hydrogen) atoms. The van der Waals surface area contributed by atoms with Gasteiger partial charge in [0.25, 0.3) is 0 Å². The molecule has 432 valence electrons. The average Bonchev–Trinajstić information content (AvgIpc) is 3.42. The Morgan fingerprint density at radius 2 is 0.539 bits per heavy atom. The quantitative estimate of drug-likeness (QED) is 0.0261. The lowest BCUT2D eigenvalue weighted by atomic mass is 10.0. The summed E-state index contributed by atoms with van der Waals surface area (Å²) in [7, 11) is 0. The van der Waals surface area contributed by atoms with Gasteiger partial charge in [-0.2, -0.15) is 0 Å². The Kier molecular flexibility index (Phi) is 59.9. The van der Waals surface area contributed by atoms with Crippen LogP contribution in [0.3, 0.4) is 0 Å². The van der Waals surface area contributed by atoms with E-state index >= 15 is 0 Å². The first kappa shape index (κ1) is 71.8. The fraction of sp³-hybridized carbons (Fsp3) is 0.671. The van der Waals surface area contributed by atoms with Crippen LogP contribution in [0.15, 0.2) is 122 Å². The minimum Gasteiger partial charge on any atom is -0.462 e. The number of carbonyl (C=O) groups excluding carboxylic acids is 3. The van der Waals surface area contributed by atoms with Gasteiger partial charge >= 0.3 is 17.9 Å². The van der Waals surface area contributed by atoms with E-state index in [1.165, 1.54) is 122 Å². The molecule has 0 saturated heterocycles. The Morgan fingerprint density at radius 3 is 0.855 bits per heavy atom. The maximum Gasteiger partial charge on any atom is 0.306 e. The van der Waals surface area contributed by atoms with Crippen LogP contribution in [0.1, 0.15) is 284 Å². The van der Waals surface area contributed by atoms with Crippen LogP contribution in [-0.2, 0) is 28.6 Å². The van der Waals surface area contributed by atoms with Crippen molar-refractivity contribution in [3.63, 3.8) is 0 Å². The van der Waals surface area contributed by atoms with Crippen molar-refractivity contribution in [1.29, 1.82) is 0 Å². The summed E-state index contributed by atoms with van der Waals surface area (Å²) >= 11 is 0. The third-order valence-electron chi connectivity index (χ3n) is 13.2. The molecule has 0 radical (unpaired) electrons. The summed E-state index contributed by atoms with van der Waals surface area (Å²) in [6, 6.07) is 0. The lowest BCUT2D eigenvalue weighted by Gasteiger charge is -2.18. The Labute approximate surface area is 469 Å². The number of carbonyl (C=O) groups is 3. The molecule has 0 N–H and O–H groups in total. The van der Waals surface area contributed by atoms with Crippen LogP contribution in [-0.4, -0.2) is 37.2 Å². The predicted octanol–water partition coefficient (Wildman–Crippen LogP) is 21.6. The Morgan fingerprint density at radius 1 is 0.276 bits per heavy atom. The van der Waals surface area contributed by atoms with Crippen molar-refractivity contribution in [2.75, 3.05) is 13.2 Å². The molecule has 0 fully saturated rings. The minimum absolute atomic E-state index is 0.113. The van der Waals surface area contributed by atoms with Gasteiger partial charge in [0.05, 0.1) is 0 Å². The SMILES string of the molecule is CC/C=C\C/C=C\C/C=C\C/C=C\C/C=C\C/C=C\CCC(=O)OC(COC(=O)CCCCCCCC/C=C\C/C=C\C/C=C\C/C=C\CC)COC(=O)CCCCCCCCCCCCCCCCCCCCCC. The minimum atomic E-state index is -0.828. The normalized spacial score (nSPS) is 12.9. The van der Waals surface area contributed by atoms with Crippen LogP contribution in [0.4, 0.5) is 0 Å². The van der Waals surface area contributed by atoms with Crippen LogP contribution < -0.4 is 0 Å². The van der Waals surface area contributed by atoms with Crippen molar-refractivity contribution in [3.05, 3.63) is 122 Å². The maximum absolute atomic E-state index is 12.9. The zero-order valence-corrected chi connectivity index (χ0v) is 49.5. The van der Waals surface area contributed by atoms with Gasteiger partial charge in [-0.05, 0) is 96.3 Å². The maximum atomic E-state index is 12.9. The van der Waals surface area contributed by atoms with E-state index < -0.39 is 12.1 Å². The molecule has 0 saturated carbocycles. The van der Waals surface area contributed by atoms with Gasteiger partial charge in [-0.1, -0.05) is 290 Å². The lowest BCUT2D eigenvalue weighted by Crippen LogP contribution is -2.30. The van der Waals surface area contributed by atoms with Gasteiger partial charge in [0.1, 0.15) is 13.2 Å². The zero-order valence-electron chi connectivity index (χ0n) is 49.5. The highest BCUT2D eigenvalue weighted by atomic mass is 16.6. The number of hydrogen-bond donors (Lipinski definition) is 0. The van der Waals surface area contributed by atoms with Crippen molar-refractivity contribution in [3.8, 4) is 0 Å². The molecule has 1 unspecified atom stereocenters. The fourth-order valence-corrected chi connectivity index (χ4v) is 8.58. The van der Waals surface area contributed by atoms with Crippen molar-refractivity contribution in [1.82, 2.24) is 0 Å². The average molecular weight is 1050 g/mol. The van der Waals surface area contributed by atoms with Crippen LogP contribution in [0.25, 0.3) is 0 Å². The first-order chi connectivity index (χ1) is 37.5. The van der Waals surface area contributed by atoms with E-state index in [0.717, 1.165) is 116 Å². The largest absolute Gasteiger partial charge is 0.462 e. The number of esters is 3. The summed E-state index contributed by atoms with van der Waals surface area (Å²) in [5, 5.41) is 0. The van der Waals surface area contributed by atoms with E-state index in [-0.39, 0.29) is 31.6 Å². The second kappa shape index (κ2) is 63.3. The van der Waals surface area contributed by atoms with Gasteiger partial charge in [-0.25, -0.2) is 0 Å². The van der Waals surface area contributed by atoms with E-state index in [9.17, 15) is 14.4 Å². The third-order valence-corrected chi connectivity index (χ3v) is 13.2. The molecule has 0 aromatic heterocycles. The van der Waals surface area contributed by atoms with Gasteiger partial charge < -0.3 is 14.2 Å². The van der Waals surface area contributed by atoms with Crippen molar-refractivity contribution < 1.29 is 28.6 Å². The smallest absolute Gasteiger partial charge is 0.306 e. The van der Waals surface area contributed by atoms with Gasteiger partial charge in [0, 0.05) is 19.3 Å². The highest BCUT2D eigenvalue weighted by Crippen LogP contribution is 2.16. The van der Waals surface area contributed by atoms with Crippen molar-refractivity contribution in [2.45, 2.75) is 290 Å². The van der Waals surface area contributed by atoms with Crippen LogP contribution in [0.2, 0.25) is 0 Å². The molecule has 0 aliphatic heterocycles. The van der Waals surface area contributed by atoms with E-state index in [2.05, 4.69) is 136 Å². The van der Waals surface area contributed by atoms with Gasteiger partial charge in [0.2, 0.25) is 0 Å². The summed E-state index contributed by atoms with van der Waals surface area (Å²) in [5.74, 6) is -1.01. The molecular weight excluding hydrogens is 937 g/mol. The molecule has 0 amide bonds. The standard InChI is InChI=1S/C70H116O6/c1-4-7-10-13-16-19-22-25-28-31-34-37-39-42-45-48-51-54-57-60-63-69(72)75-66-67(76-70(73)64-61-58-55-52-49-46-43-40-36-33-30-27-24-21-18-15-12-9-6-3)65-74-68(71)62-59-56-53-50-47-44-41-38-35-32-29-26-23-20-17-14-11-8-5-2/h8-9,11-12,17-18,20-21,26-27,29-30,35-36,38,40,46,49,55,58,67H,4-7,10,13-16,19,22-25,28,31-34,37,39,41-45,47-48,50-54,56-57,59-66H2,1-3H3/b11-8-,12-9-,20-17-,21-18-,29-26-,30-27-,38-35-,40-36-,49-46-,58-55-. The fourth-order valence-electron chi connectivity index (χ4n) is 8.58. The highest BCUT2D eigenvalue weighted by molar-refractivity contribution is 5.71. The second-order valence-corrected chi connectivity index (χ2v) is 20.6. The molecule has 1 atom stereocenters. The summed E-state index contributed by atoms with van der Waals surface area (Å²) in [6.07, 6.45) is 87.8. The van der Waals surface area contributed by atoms with E-state index in [4.69, 9.17) is 14.2 Å². The number of unbranched alkanes of at least 4 members (excludes halogenated alkanes) is 25. The molecular formula is C70H116O6. The van der Waals surface area contributed by atoms with Gasteiger partial charge in [-0.3, -0.25) is 14.4 Å². The Hall–Kier alpha value is -4.19. The van der Waals surface area contributed by atoms with Crippen LogP contribution in [0, 0.1) is 0 Å². The van der Waals surface area contributed by atoms with E-state index in [1.807, 2.05) is 6.08 Å². The highest BCUT2D eigenvalue weighted by Gasteiger charge is 2.19. The molecule has 0 bridgehead atoms. The molecule has 0 aromatic carbocycles. The number of ether oxygens (including phenoxy) is 3. The first-order valence-corrected chi connectivity index (χ1v) is 31.5. The van der Waals surface area contributed by atoms with Gasteiger partial charge in [0.15, 0.2) is 6.10 Å². The number of rotatable bonds is 56. The molecule has 6 heteroatoms. The topological polar surface area (TPSA) is 78.9 Å². The lowest BCUT2D eigenvalue weighted by molar-refractivity contribution is -0.166. The van der Waals surface area contributed by atoms with E-state index in [1.54, 1.807) is 0 Å². The summed E-state index contributed by atoms with van der Waals surface area (Å²) in [6.45, 7) is 6.36. The van der Waals surface area contributed by atoms with Crippen LogP contribution >= 0.6 is 0 Å². The molecule has 0 heterocycles. The number of allylic oxidation sites excluding steroid dienone is 20. The third kappa shape index (κ3) is 60.7. The predicted molar refractivity (Wildman–Crippen MR) is 330 cm³/mol. The Bertz CT molecular complexity index is 1590. The molecule has 0 spiro atoms. The molecule has 0 aromatic rings.